The Kier molecular flexibility index (Phi) is 3.92. The van der Waals surface area contributed by atoms with Crippen LogP contribution in [0.3, 0.4) is 0 Å². The lowest BCUT2D eigenvalue weighted by molar-refractivity contribution is -0.203. The fraction of sp³-hybridized carbons (Fsp3) is 0.556. The summed E-state index contributed by atoms with van der Waals surface area (Å²) in [5, 5.41) is 2.66. The molecule has 0 aromatic heterocycles. The van der Waals surface area contributed by atoms with Crippen LogP contribution < -0.4 is 10.1 Å². The predicted octanol–water partition coefficient (Wildman–Crippen LogP) is -0.352. The van der Waals surface area contributed by atoms with Gasteiger partial charge in [-0.25, -0.2) is 0 Å². The Morgan fingerprint density at radius 2 is 2.00 bits per heavy atom. The number of nitrogens with zero attached hydrogens (tertiary/aromatic N) is 2. The number of para-hydroxylation sites is 1. The van der Waals surface area contributed by atoms with Gasteiger partial charge in [0.25, 0.3) is 5.91 Å². The summed E-state index contributed by atoms with van der Waals surface area (Å²) < 4.78 is 11.8. The first-order valence-corrected chi connectivity index (χ1v) is 8.60. The van der Waals surface area contributed by atoms with Gasteiger partial charge >= 0.3 is 0 Å². The van der Waals surface area contributed by atoms with Gasteiger partial charge in [0, 0.05) is 20.0 Å². The molecular formula is C18H23N3O4. The molecule has 0 radical (unpaired) electrons. The average molecular weight is 345 g/mol. The zero-order valence-corrected chi connectivity index (χ0v) is 14.5. The van der Waals surface area contributed by atoms with Crippen LogP contribution in [-0.2, 0) is 20.7 Å². The molecule has 7 nitrogen and oxygen atoms in total. The van der Waals surface area contributed by atoms with E-state index in [4.69, 9.17) is 9.47 Å². The highest BCUT2D eigenvalue weighted by atomic mass is 16.5. The van der Waals surface area contributed by atoms with Gasteiger partial charge in [0.15, 0.2) is 6.10 Å². The molecule has 7 heteroatoms. The van der Waals surface area contributed by atoms with Crippen molar-refractivity contribution in [2.45, 2.75) is 24.2 Å². The number of likely N-dealkylation sites (N-methyl/N-ethyl adjacent to an activating group) is 2. The lowest BCUT2D eigenvalue weighted by atomic mass is 9.90. The number of carbonyl (C=O) groups is 2. The maximum atomic E-state index is 12.7. The molecule has 0 saturated carbocycles. The SMILES string of the molecule is CNC(=O)[C@H]1COC2(CN(C(=O)[C@@H]3Cc4ccccc4O3)C2)CN1C. The molecule has 0 bridgehead atoms. The van der Waals surface area contributed by atoms with Crippen molar-refractivity contribution in [3.05, 3.63) is 29.8 Å². The molecular weight excluding hydrogens is 322 g/mol. The summed E-state index contributed by atoms with van der Waals surface area (Å²) in [6.45, 7) is 2.09. The Labute approximate surface area is 146 Å². The zero-order chi connectivity index (χ0) is 17.6. The number of benzene rings is 1. The summed E-state index contributed by atoms with van der Waals surface area (Å²) in [7, 11) is 3.55. The summed E-state index contributed by atoms with van der Waals surface area (Å²) in [5.41, 5.74) is 0.721. The van der Waals surface area contributed by atoms with E-state index >= 15 is 0 Å². The minimum atomic E-state index is -0.435. The quantitative estimate of drug-likeness (QED) is 0.793. The van der Waals surface area contributed by atoms with Gasteiger partial charge in [0.05, 0.1) is 19.7 Å². The molecule has 2 saturated heterocycles. The van der Waals surface area contributed by atoms with E-state index in [0.717, 1.165) is 11.3 Å². The van der Waals surface area contributed by atoms with Gasteiger partial charge in [0.1, 0.15) is 17.4 Å². The van der Waals surface area contributed by atoms with E-state index in [2.05, 4.69) is 5.32 Å². The normalized spacial score (nSPS) is 27.4. The van der Waals surface area contributed by atoms with Crippen molar-refractivity contribution in [2.75, 3.05) is 40.3 Å². The van der Waals surface area contributed by atoms with Crippen molar-refractivity contribution in [1.82, 2.24) is 15.1 Å². The van der Waals surface area contributed by atoms with Crippen LogP contribution in [0.15, 0.2) is 24.3 Å². The molecule has 2 fully saturated rings. The number of carbonyl (C=O) groups excluding carboxylic acids is 2. The maximum Gasteiger partial charge on any atom is 0.264 e. The minimum Gasteiger partial charge on any atom is -0.480 e. The van der Waals surface area contributed by atoms with E-state index in [-0.39, 0.29) is 23.5 Å². The maximum absolute atomic E-state index is 12.7. The van der Waals surface area contributed by atoms with Crippen molar-refractivity contribution in [2.24, 2.45) is 0 Å². The van der Waals surface area contributed by atoms with Gasteiger partial charge in [-0.05, 0) is 18.7 Å². The fourth-order valence-electron chi connectivity index (χ4n) is 3.96. The lowest BCUT2D eigenvalue weighted by Gasteiger charge is -2.55. The van der Waals surface area contributed by atoms with Gasteiger partial charge in [-0.15, -0.1) is 0 Å². The molecule has 0 unspecified atom stereocenters. The Hall–Kier alpha value is -2.12. The van der Waals surface area contributed by atoms with Crippen LogP contribution in [0.1, 0.15) is 5.56 Å². The molecule has 2 atom stereocenters. The van der Waals surface area contributed by atoms with E-state index in [1.807, 2.05) is 36.2 Å². The number of fused-ring (bicyclic) bond motifs is 1. The number of morpholine rings is 1. The first-order valence-electron chi connectivity index (χ1n) is 8.60. The van der Waals surface area contributed by atoms with Crippen molar-refractivity contribution in [3.63, 3.8) is 0 Å². The third-order valence-corrected chi connectivity index (χ3v) is 5.36. The standard InChI is InChI=1S/C18H23N3O4/c1-19-16(22)13-8-24-18(9-20(13)2)10-21(11-18)17(23)15-7-12-5-3-4-6-14(12)25-15/h3-6,13,15H,7-11H2,1-2H3,(H,19,22)/t13-,15+/m1/s1. The first kappa shape index (κ1) is 16.4. The molecule has 1 aromatic carbocycles. The second-order valence-electron chi connectivity index (χ2n) is 7.15. The molecule has 0 aliphatic carbocycles. The number of ether oxygens (including phenoxy) is 2. The summed E-state index contributed by atoms with van der Waals surface area (Å²) in [5.74, 6) is 0.779. The highest BCUT2D eigenvalue weighted by Crippen LogP contribution is 2.34. The second-order valence-corrected chi connectivity index (χ2v) is 7.15. The third-order valence-electron chi connectivity index (χ3n) is 5.36. The van der Waals surface area contributed by atoms with Crippen LogP contribution in [0.2, 0.25) is 0 Å². The van der Waals surface area contributed by atoms with Gasteiger partial charge in [-0.3, -0.25) is 14.5 Å². The molecule has 3 aliphatic heterocycles. The molecule has 4 rings (SSSR count). The number of amides is 2. The van der Waals surface area contributed by atoms with E-state index in [1.54, 1.807) is 11.9 Å². The summed E-state index contributed by atoms with van der Waals surface area (Å²) in [4.78, 5) is 28.3. The first-order chi connectivity index (χ1) is 12.0. The average Bonchev–Trinajstić information content (AvgIpc) is 3.02. The Morgan fingerprint density at radius 3 is 2.68 bits per heavy atom. The number of hydrogen-bond donors (Lipinski definition) is 1. The molecule has 134 valence electrons. The minimum absolute atomic E-state index is 0.0153. The molecule has 3 heterocycles. The van der Waals surface area contributed by atoms with Gasteiger partial charge in [-0.2, -0.15) is 0 Å². The highest BCUT2D eigenvalue weighted by molar-refractivity contribution is 5.84. The van der Waals surface area contributed by atoms with E-state index < -0.39 is 6.10 Å². The van der Waals surface area contributed by atoms with Crippen LogP contribution >= 0.6 is 0 Å². The monoisotopic (exact) mass is 345 g/mol. The molecule has 2 amide bonds. The van der Waals surface area contributed by atoms with Crippen LogP contribution in [-0.4, -0.2) is 79.7 Å². The zero-order valence-electron chi connectivity index (χ0n) is 14.5. The van der Waals surface area contributed by atoms with Crippen molar-refractivity contribution >= 4 is 11.8 Å². The fourth-order valence-corrected chi connectivity index (χ4v) is 3.96. The van der Waals surface area contributed by atoms with Crippen molar-refractivity contribution < 1.29 is 19.1 Å². The Bertz CT molecular complexity index is 676. The summed E-state index contributed by atoms with van der Waals surface area (Å²) in [6.07, 6.45) is 0.188. The molecule has 1 spiro atoms. The largest absolute Gasteiger partial charge is 0.480 e. The van der Waals surface area contributed by atoms with Gasteiger partial charge in [-0.1, -0.05) is 18.2 Å². The number of likely N-dealkylation sites (tertiary alicyclic amines) is 1. The van der Waals surface area contributed by atoms with Crippen LogP contribution in [0.5, 0.6) is 5.75 Å². The highest BCUT2D eigenvalue weighted by Gasteiger charge is 2.52. The second kappa shape index (κ2) is 6.00. The number of rotatable bonds is 2. The Balaban J connectivity index is 1.34. The number of hydrogen-bond acceptors (Lipinski definition) is 5. The van der Waals surface area contributed by atoms with Crippen LogP contribution in [0.25, 0.3) is 0 Å². The third kappa shape index (κ3) is 2.77. The van der Waals surface area contributed by atoms with E-state index in [0.29, 0.717) is 32.7 Å². The van der Waals surface area contributed by atoms with E-state index in [9.17, 15) is 9.59 Å². The summed E-state index contributed by atoms with van der Waals surface area (Å²) in [6, 6.07) is 7.51. The van der Waals surface area contributed by atoms with Gasteiger partial charge < -0.3 is 19.7 Å². The summed E-state index contributed by atoms with van der Waals surface area (Å²) >= 11 is 0. The van der Waals surface area contributed by atoms with Crippen molar-refractivity contribution in [3.8, 4) is 5.75 Å². The van der Waals surface area contributed by atoms with Crippen LogP contribution in [0.4, 0.5) is 0 Å². The topological polar surface area (TPSA) is 71.1 Å². The van der Waals surface area contributed by atoms with Crippen molar-refractivity contribution in [1.29, 1.82) is 0 Å². The smallest absolute Gasteiger partial charge is 0.264 e. The molecule has 25 heavy (non-hydrogen) atoms. The predicted molar refractivity (Wildman–Crippen MR) is 90.3 cm³/mol. The lowest BCUT2D eigenvalue weighted by Crippen LogP contribution is -2.74. The number of nitrogens with one attached hydrogen (secondary N) is 1. The van der Waals surface area contributed by atoms with Crippen LogP contribution in [0, 0.1) is 0 Å². The molecule has 3 aliphatic rings. The molecule has 1 N–H and O–H groups in total. The molecule has 1 aromatic rings. The Morgan fingerprint density at radius 1 is 1.24 bits per heavy atom. The van der Waals surface area contributed by atoms with Gasteiger partial charge in [0.2, 0.25) is 5.91 Å². The van der Waals surface area contributed by atoms with E-state index in [1.165, 1.54) is 0 Å².